The number of carbonyl (C=O) groups excluding carboxylic acids is 2. The first-order valence-electron chi connectivity index (χ1n) is 10.8. The number of likely N-dealkylation sites (tertiary alicyclic amines) is 1. The van der Waals surface area contributed by atoms with E-state index in [9.17, 15) is 9.59 Å². The predicted octanol–water partition coefficient (Wildman–Crippen LogP) is 3.37. The van der Waals surface area contributed by atoms with E-state index in [1.54, 1.807) is 24.3 Å². The van der Waals surface area contributed by atoms with Crippen LogP contribution in [0.3, 0.4) is 0 Å². The fraction of sp³-hybridized carbons (Fsp3) is 0.417. The average Bonchev–Trinajstić information content (AvgIpc) is 3.49. The van der Waals surface area contributed by atoms with E-state index in [0.717, 1.165) is 25.9 Å². The van der Waals surface area contributed by atoms with Gasteiger partial charge in [-0.15, -0.1) is 0 Å². The minimum absolute atomic E-state index is 0.136. The second-order valence-corrected chi connectivity index (χ2v) is 7.95. The van der Waals surface area contributed by atoms with E-state index in [4.69, 9.17) is 4.74 Å². The number of benzene rings is 2. The van der Waals surface area contributed by atoms with Crippen molar-refractivity contribution in [3.63, 3.8) is 0 Å². The third kappa shape index (κ3) is 5.07. The van der Waals surface area contributed by atoms with Crippen molar-refractivity contribution in [1.82, 2.24) is 10.2 Å². The summed E-state index contributed by atoms with van der Waals surface area (Å²) in [5.74, 6) is -0.286. The fourth-order valence-corrected chi connectivity index (χ4v) is 4.22. The summed E-state index contributed by atoms with van der Waals surface area (Å²) in [6, 6.07) is 17.6. The van der Waals surface area contributed by atoms with E-state index in [2.05, 4.69) is 27.7 Å². The van der Waals surface area contributed by atoms with Crippen molar-refractivity contribution in [1.29, 1.82) is 0 Å². The lowest BCUT2D eigenvalue weighted by molar-refractivity contribution is -0.124. The van der Waals surface area contributed by atoms with Crippen LogP contribution < -0.4 is 10.6 Å². The zero-order valence-corrected chi connectivity index (χ0v) is 17.2. The molecule has 0 unspecified atom stereocenters. The van der Waals surface area contributed by atoms with E-state index in [1.165, 1.54) is 18.4 Å². The van der Waals surface area contributed by atoms with Crippen LogP contribution in [0.1, 0.15) is 47.6 Å². The second-order valence-electron chi connectivity index (χ2n) is 7.95. The zero-order chi connectivity index (χ0) is 20.8. The molecule has 2 saturated heterocycles. The Kier molecular flexibility index (Phi) is 6.77. The first kappa shape index (κ1) is 20.6. The highest BCUT2D eigenvalue weighted by Gasteiger charge is 2.25. The zero-order valence-electron chi connectivity index (χ0n) is 17.2. The standard InChI is InChI=1S/C24H29N3O3/c28-23(19-10-6-11-20(16-19)26-24(29)22-12-7-15-30-22)25-17-21(27-13-4-5-14-27)18-8-2-1-3-9-18/h1-3,6,8-11,16,21-22H,4-5,7,12-15,17H2,(H,25,28)(H,26,29)/t21-,22-/m1/s1. The highest BCUT2D eigenvalue weighted by molar-refractivity contribution is 5.98. The predicted molar refractivity (Wildman–Crippen MR) is 116 cm³/mol. The van der Waals surface area contributed by atoms with Crippen molar-refractivity contribution < 1.29 is 14.3 Å². The molecule has 0 radical (unpaired) electrons. The molecular formula is C24H29N3O3. The molecule has 4 rings (SSSR count). The molecule has 2 N–H and O–H groups in total. The highest BCUT2D eigenvalue weighted by Crippen LogP contribution is 2.24. The van der Waals surface area contributed by atoms with Crippen molar-refractivity contribution in [2.24, 2.45) is 0 Å². The van der Waals surface area contributed by atoms with E-state index in [-0.39, 0.29) is 17.9 Å². The van der Waals surface area contributed by atoms with E-state index >= 15 is 0 Å². The van der Waals surface area contributed by atoms with Gasteiger partial charge in [0.1, 0.15) is 6.10 Å². The maximum atomic E-state index is 12.8. The summed E-state index contributed by atoms with van der Waals surface area (Å²) in [5.41, 5.74) is 2.37. The van der Waals surface area contributed by atoms with Crippen molar-refractivity contribution in [3.05, 3.63) is 65.7 Å². The lowest BCUT2D eigenvalue weighted by Gasteiger charge is -2.28. The topological polar surface area (TPSA) is 70.7 Å². The van der Waals surface area contributed by atoms with Gasteiger partial charge in [-0.1, -0.05) is 36.4 Å². The molecule has 2 aliphatic rings. The molecule has 0 bridgehead atoms. The molecule has 30 heavy (non-hydrogen) atoms. The van der Waals surface area contributed by atoms with Gasteiger partial charge < -0.3 is 15.4 Å². The van der Waals surface area contributed by atoms with Gasteiger partial charge in [0.2, 0.25) is 0 Å². The average molecular weight is 408 g/mol. The molecule has 6 heteroatoms. The summed E-state index contributed by atoms with van der Waals surface area (Å²) in [6.45, 7) is 3.29. The summed E-state index contributed by atoms with van der Waals surface area (Å²) in [6.07, 6.45) is 3.64. The van der Waals surface area contributed by atoms with Crippen LogP contribution in [0.25, 0.3) is 0 Å². The molecule has 158 valence electrons. The van der Waals surface area contributed by atoms with Crippen LogP contribution in [0, 0.1) is 0 Å². The third-order valence-corrected chi connectivity index (χ3v) is 5.84. The minimum atomic E-state index is -0.394. The second kappa shape index (κ2) is 9.87. The van der Waals surface area contributed by atoms with Gasteiger partial charge in [-0.3, -0.25) is 14.5 Å². The molecule has 2 aliphatic heterocycles. The van der Waals surface area contributed by atoms with Crippen molar-refractivity contribution in [2.75, 3.05) is 31.6 Å². The van der Waals surface area contributed by atoms with Crippen LogP contribution in [0.2, 0.25) is 0 Å². The van der Waals surface area contributed by atoms with Gasteiger partial charge in [0.25, 0.3) is 11.8 Å². The maximum Gasteiger partial charge on any atom is 0.253 e. The van der Waals surface area contributed by atoms with Crippen LogP contribution in [0.5, 0.6) is 0 Å². The molecule has 2 atom stereocenters. The summed E-state index contributed by atoms with van der Waals surface area (Å²) < 4.78 is 5.42. The SMILES string of the molecule is O=C(NC[C@H](c1ccccc1)N1CCCC1)c1cccc(NC(=O)[C@H]2CCCO2)c1. The van der Waals surface area contributed by atoms with Crippen molar-refractivity contribution in [3.8, 4) is 0 Å². The molecule has 0 spiro atoms. The monoisotopic (exact) mass is 407 g/mol. The number of carbonyl (C=O) groups is 2. The summed E-state index contributed by atoms with van der Waals surface area (Å²) >= 11 is 0. The number of anilines is 1. The van der Waals surface area contributed by atoms with Crippen molar-refractivity contribution >= 4 is 17.5 Å². The first-order chi connectivity index (χ1) is 14.7. The van der Waals surface area contributed by atoms with Crippen LogP contribution in [0.15, 0.2) is 54.6 Å². The normalized spacial score (nSPS) is 20.1. The number of amides is 2. The van der Waals surface area contributed by atoms with Crippen LogP contribution >= 0.6 is 0 Å². The Labute approximate surface area is 177 Å². The van der Waals surface area contributed by atoms with Gasteiger partial charge >= 0.3 is 0 Å². The first-order valence-corrected chi connectivity index (χ1v) is 10.8. The fourth-order valence-electron chi connectivity index (χ4n) is 4.22. The van der Waals surface area contributed by atoms with E-state index < -0.39 is 6.10 Å². The largest absolute Gasteiger partial charge is 0.368 e. The molecule has 2 aromatic rings. The van der Waals surface area contributed by atoms with Crippen LogP contribution in [-0.4, -0.2) is 49.1 Å². The summed E-state index contributed by atoms with van der Waals surface area (Å²) in [7, 11) is 0. The minimum Gasteiger partial charge on any atom is -0.368 e. The number of hydrogen-bond donors (Lipinski definition) is 2. The number of nitrogens with zero attached hydrogens (tertiary/aromatic N) is 1. The van der Waals surface area contributed by atoms with Gasteiger partial charge in [0.15, 0.2) is 0 Å². The maximum absolute atomic E-state index is 12.8. The van der Waals surface area contributed by atoms with Crippen molar-refractivity contribution in [2.45, 2.75) is 37.8 Å². The molecule has 2 fully saturated rings. The Hall–Kier alpha value is -2.70. The highest BCUT2D eigenvalue weighted by atomic mass is 16.5. The number of nitrogens with one attached hydrogen (secondary N) is 2. The van der Waals surface area contributed by atoms with E-state index in [1.807, 2.05) is 18.2 Å². The van der Waals surface area contributed by atoms with Crippen LogP contribution in [0.4, 0.5) is 5.69 Å². The van der Waals surface area contributed by atoms with Gasteiger partial charge in [0.05, 0.1) is 6.04 Å². The van der Waals surface area contributed by atoms with Gasteiger partial charge in [-0.05, 0) is 62.5 Å². The summed E-state index contributed by atoms with van der Waals surface area (Å²) in [4.78, 5) is 27.5. The molecule has 0 aliphatic carbocycles. The number of hydrogen-bond acceptors (Lipinski definition) is 4. The molecular weight excluding hydrogens is 378 g/mol. The smallest absolute Gasteiger partial charge is 0.253 e. The van der Waals surface area contributed by atoms with Gasteiger partial charge in [-0.25, -0.2) is 0 Å². The molecule has 0 aromatic heterocycles. The molecule has 2 amide bonds. The summed E-state index contributed by atoms with van der Waals surface area (Å²) in [5, 5.41) is 5.95. The third-order valence-electron chi connectivity index (χ3n) is 5.84. The number of rotatable bonds is 7. The Morgan fingerprint density at radius 2 is 1.83 bits per heavy atom. The molecule has 2 heterocycles. The Morgan fingerprint density at radius 3 is 2.57 bits per heavy atom. The molecule has 0 saturated carbocycles. The quantitative estimate of drug-likeness (QED) is 0.738. The molecule has 6 nitrogen and oxygen atoms in total. The lowest BCUT2D eigenvalue weighted by atomic mass is 10.1. The Bertz CT molecular complexity index is 859. The van der Waals surface area contributed by atoms with Gasteiger partial charge in [-0.2, -0.15) is 0 Å². The Balaban J connectivity index is 1.39. The van der Waals surface area contributed by atoms with E-state index in [0.29, 0.717) is 24.4 Å². The molecule has 2 aromatic carbocycles. The number of ether oxygens (including phenoxy) is 1. The van der Waals surface area contributed by atoms with Gasteiger partial charge in [0, 0.05) is 24.4 Å². The Morgan fingerprint density at radius 1 is 1.03 bits per heavy atom. The van der Waals surface area contributed by atoms with Crippen LogP contribution in [-0.2, 0) is 9.53 Å². The lowest BCUT2D eigenvalue weighted by Crippen LogP contribution is -2.36.